The van der Waals surface area contributed by atoms with E-state index in [1.165, 1.54) is 4.90 Å². The topological polar surface area (TPSA) is 141 Å². The van der Waals surface area contributed by atoms with E-state index in [1.54, 1.807) is 36.4 Å². The van der Waals surface area contributed by atoms with Gasteiger partial charge in [-0.2, -0.15) is 4.37 Å². The van der Waals surface area contributed by atoms with Crippen LogP contribution in [0.4, 0.5) is 11.4 Å². The van der Waals surface area contributed by atoms with Crippen molar-refractivity contribution < 1.29 is 19.1 Å². The monoisotopic (exact) mass is 523 g/mol. The number of nitrogens with one attached hydrogen (secondary N) is 1. The number of aryl methyl sites for hydroxylation is 1. The average Bonchev–Trinajstić information content (AvgIpc) is 3.25. The van der Waals surface area contributed by atoms with Crippen LogP contribution >= 0.6 is 11.5 Å². The molecule has 0 spiro atoms. The lowest BCUT2D eigenvalue weighted by Crippen LogP contribution is -2.44. The summed E-state index contributed by atoms with van der Waals surface area (Å²) >= 11 is 0.775. The lowest BCUT2D eigenvalue weighted by molar-refractivity contribution is -0.122. The molecule has 0 bridgehead atoms. The van der Waals surface area contributed by atoms with E-state index in [9.17, 15) is 14.4 Å². The molecule has 1 heterocycles. The van der Waals surface area contributed by atoms with Crippen molar-refractivity contribution in [2.45, 2.75) is 40.2 Å². The van der Waals surface area contributed by atoms with Gasteiger partial charge in [0.15, 0.2) is 5.69 Å². The van der Waals surface area contributed by atoms with E-state index in [4.69, 9.17) is 16.2 Å². The lowest BCUT2D eigenvalue weighted by Gasteiger charge is -2.31. The third-order valence-electron chi connectivity index (χ3n) is 5.72. The zero-order chi connectivity index (χ0) is 27.1. The molecule has 196 valence electrons. The van der Waals surface area contributed by atoms with E-state index >= 15 is 0 Å². The highest BCUT2D eigenvalue weighted by Crippen LogP contribution is 2.34. The van der Waals surface area contributed by atoms with E-state index in [2.05, 4.69) is 23.5 Å². The van der Waals surface area contributed by atoms with Crippen LogP contribution in [0.5, 0.6) is 5.75 Å². The average molecular weight is 524 g/mol. The molecule has 3 aromatic rings. The molecule has 0 radical (unpaired) electrons. The summed E-state index contributed by atoms with van der Waals surface area (Å²) in [6.07, 6.45) is 0.782. The van der Waals surface area contributed by atoms with Gasteiger partial charge in [-0.05, 0) is 67.5 Å². The number of nitrogens with two attached hydrogens (primary N) is 2. The van der Waals surface area contributed by atoms with Crippen LogP contribution in [0.2, 0.25) is 0 Å². The Morgan fingerprint density at radius 3 is 2.27 bits per heavy atom. The fraction of sp³-hybridized carbons (Fsp3) is 0.333. The molecule has 0 aliphatic rings. The second-order valence-electron chi connectivity index (χ2n) is 9.03. The molecule has 37 heavy (non-hydrogen) atoms. The number of amides is 3. The molecule has 3 rings (SSSR count). The maximum Gasteiger partial charge on any atom is 0.273 e. The largest absolute Gasteiger partial charge is 0.494 e. The van der Waals surface area contributed by atoms with Crippen molar-refractivity contribution in [2.24, 2.45) is 11.7 Å². The molecule has 1 aromatic heterocycles. The van der Waals surface area contributed by atoms with Gasteiger partial charge in [0.25, 0.3) is 11.8 Å². The number of nitrogens with zero attached hydrogens (tertiary/aromatic N) is 2. The number of rotatable bonds is 11. The summed E-state index contributed by atoms with van der Waals surface area (Å²) in [5, 5.41) is 2.98. The summed E-state index contributed by atoms with van der Waals surface area (Å²) in [6.45, 7) is 8.91. The highest BCUT2D eigenvalue weighted by Gasteiger charge is 2.36. The van der Waals surface area contributed by atoms with Gasteiger partial charge in [-0.25, -0.2) is 0 Å². The summed E-state index contributed by atoms with van der Waals surface area (Å²) in [6, 6.07) is 13.3. The standard InChI is InChI=1S/C27H33N5O4S/c1-5-36-20-12-8-18(9-13-20)23(26(34)30-15-14-16(2)3)32(19-10-6-17(4)7-11-19)27(35)24-21(28)22(25(29)33)31-37-24/h6-13,16,23H,5,14-15,28H2,1-4H3,(H2,29,33)(H,30,34). The second-order valence-corrected chi connectivity index (χ2v) is 9.80. The molecule has 0 fully saturated rings. The van der Waals surface area contributed by atoms with Crippen LogP contribution in [0.25, 0.3) is 0 Å². The van der Waals surface area contributed by atoms with Gasteiger partial charge in [0.05, 0.1) is 12.3 Å². The van der Waals surface area contributed by atoms with Gasteiger partial charge in [-0.3, -0.25) is 19.3 Å². The maximum atomic E-state index is 14.0. The second kappa shape index (κ2) is 12.4. The normalized spacial score (nSPS) is 11.7. The summed E-state index contributed by atoms with van der Waals surface area (Å²) in [5.74, 6) is -0.704. The Morgan fingerprint density at radius 1 is 1.08 bits per heavy atom. The summed E-state index contributed by atoms with van der Waals surface area (Å²) in [7, 11) is 0. The molecule has 1 unspecified atom stereocenters. The number of aromatic nitrogens is 1. The van der Waals surface area contributed by atoms with Crippen molar-refractivity contribution in [1.29, 1.82) is 0 Å². The number of benzene rings is 2. The Bertz CT molecular complexity index is 1240. The number of ether oxygens (including phenoxy) is 1. The van der Waals surface area contributed by atoms with E-state index in [0.717, 1.165) is 23.5 Å². The van der Waals surface area contributed by atoms with Crippen LogP contribution in [0.3, 0.4) is 0 Å². The van der Waals surface area contributed by atoms with Gasteiger partial charge in [0, 0.05) is 12.2 Å². The van der Waals surface area contributed by atoms with Gasteiger partial charge in [-0.1, -0.05) is 43.7 Å². The highest BCUT2D eigenvalue weighted by atomic mass is 32.1. The number of hydrogen-bond acceptors (Lipinski definition) is 7. The Morgan fingerprint density at radius 2 is 1.73 bits per heavy atom. The maximum absolute atomic E-state index is 14.0. The minimum atomic E-state index is -1.03. The third kappa shape index (κ3) is 6.65. The van der Waals surface area contributed by atoms with Crippen LogP contribution in [-0.2, 0) is 4.79 Å². The SMILES string of the molecule is CCOc1ccc(C(C(=O)NCCC(C)C)N(C(=O)c2snc(C(N)=O)c2N)c2ccc(C)cc2)cc1. The number of anilines is 2. The quantitative estimate of drug-likeness (QED) is 0.346. The molecular weight excluding hydrogens is 490 g/mol. The number of nitrogen functional groups attached to an aromatic ring is 1. The minimum absolute atomic E-state index is 0.0280. The minimum Gasteiger partial charge on any atom is -0.494 e. The number of primary amides is 1. The zero-order valence-electron chi connectivity index (χ0n) is 21.5. The molecule has 1 atom stereocenters. The molecule has 9 nitrogen and oxygen atoms in total. The van der Waals surface area contributed by atoms with E-state index in [1.807, 2.05) is 26.0 Å². The van der Waals surface area contributed by atoms with Crippen LogP contribution in [0.1, 0.15) is 64.5 Å². The molecule has 0 saturated carbocycles. The van der Waals surface area contributed by atoms with Gasteiger partial charge >= 0.3 is 0 Å². The van der Waals surface area contributed by atoms with Gasteiger partial charge < -0.3 is 21.5 Å². The Hall–Kier alpha value is -3.92. The molecule has 0 aliphatic heterocycles. The number of carbonyl (C=O) groups excluding carboxylic acids is 3. The van der Waals surface area contributed by atoms with Crippen molar-refractivity contribution in [2.75, 3.05) is 23.8 Å². The lowest BCUT2D eigenvalue weighted by atomic mass is 10.0. The first-order chi connectivity index (χ1) is 17.6. The number of carbonyl (C=O) groups is 3. The van der Waals surface area contributed by atoms with Crippen LogP contribution < -0.4 is 26.4 Å². The molecule has 0 saturated heterocycles. The van der Waals surface area contributed by atoms with E-state index < -0.39 is 17.9 Å². The van der Waals surface area contributed by atoms with Crippen molar-refractivity contribution in [3.05, 3.63) is 70.2 Å². The fourth-order valence-electron chi connectivity index (χ4n) is 3.74. The Labute approximate surface area is 221 Å². The van der Waals surface area contributed by atoms with E-state index in [-0.39, 0.29) is 22.2 Å². The zero-order valence-corrected chi connectivity index (χ0v) is 22.3. The molecule has 0 aliphatic carbocycles. The van der Waals surface area contributed by atoms with Crippen LogP contribution in [0, 0.1) is 12.8 Å². The Kier molecular flexibility index (Phi) is 9.24. The van der Waals surface area contributed by atoms with Crippen LogP contribution in [0.15, 0.2) is 48.5 Å². The Balaban J connectivity index is 2.14. The van der Waals surface area contributed by atoms with Gasteiger partial charge in [0.1, 0.15) is 16.7 Å². The first-order valence-corrected chi connectivity index (χ1v) is 12.9. The highest BCUT2D eigenvalue weighted by molar-refractivity contribution is 7.09. The summed E-state index contributed by atoms with van der Waals surface area (Å²) < 4.78 is 9.54. The molecule has 3 amide bonds. The van der Waals surface area contributed by atoms with E-state index in [0.29, 0.717) is 36.1 Å². The van der Waals surface area contributed by atoms with Gasteiger partial charge in [-0.15, -0.1) is 0 Å². The molecular formula is C27H33N5O4S. The first kappa shape index (κ1) is 27.7. The van der Waals surface area contributed by atoms with Crippen LogP contribution in [-0.4, -0.2) is 35.2 Å². The summed E-state index contributed by atoms with van der Waals surface area (Å²) in [5.41, 5.74) is 13.3. The van der Waals surface area contributed by atoms with Crippen molar-refractivity contribution in [3.63, 3.8) is 0 Å². The van der Waals surface area contributed by atoms with Gasteiger partial charge in [0.2, 0.25) is 5.91 Å². The van der Waals surface area contributed by atoms with Crippen molar-refractivity contribution in [1.82, 2.24) is 9.69 Å². The molecule has 2 aromatic carbocycles. The number of hydrogen-bond donors (Lipinski definition) is 3. The predicted molar refractivity (Wildman–Crippen MR) is 146 cm³/mol. The first-order valence-electron chi connectivity index (χ1n) is 12.1. The molecule has 5 N–H and O–H groups in total. The summed E-state index contributed by atoms with van der Waals surface area (Å²) in [4.78, 5) is 40.9. The smallest absolute Gasteiger partial charge is 0.273 e. The third-order valence-corrected chi connectivity index (χ3v) is 6.57. The molecule has 10 heteroatoms. The predicted octanol–water partition coefficient (Wildman–Crippen LogP) is 4.08. The van der Waals surface area contributed by atoms with Crippen molar-refractivity contribution in [3.8, 4) is 5.75 Å². The fourth-order valence-corrected chi connectivity index (χ4v) is 4.48. The van der Waals surface area contributed by atoms with Crippen molar-refractivity contribution >= 4 is 40.6 Å².